The van der Waals surface area contributed by atoms with E-state index in [9.17, 15) is 4.79 Å². The van der Waals surface area contributed by atoms with E-state index in [1.165, 1.54) is 0 Å². The zero-order valence-electron chi connectivity index (χ0n) is 8.20. The van der Waals surface area contributed by atoms with Gasteiger partial charge in [0.05, 0.1) is 5.09 Å². The van der Waals surface area contributed by atoms with Crippen molar-refractivity contribution in [2.75, 3.05) is 0 Å². The van der Waals surface area contributed by atoms with Crippen LogP contribution in [0.3, 0.4) is 0 Å². The molecular weight excluding hydrogens is 216 g/mol. The normalized spacial score (nSPS) is 9.31. The Kier molecular flexibility index (Phi) is 5.91. The lowest BCUT2D eigenvalue weighted by Crippen LogP contribution is -2.39. The second-order valence-corrected chi connectivity index (χ2v) is 2.64. The lowest BCUT2D eigenvalue weighted by atomic mass is 10.2. The van der Waals surface area contributed by atoms with E-state index in [2.05, 4.69) is 5.73 Å². The van der Waals surface area contributed by atoms with Crippen LogP contribution >= 0.6 is 0 Å². The predicted molar refractivity (Wildman–Crippen MR) is 56.0 cm³/mol. The summed E-state index contributed by atoms with van der Waals surface area (Å²) in [5.74, 6) is -0.936. The molecule has 0 atom stereocenters. The van der Waals surface area contributed by atoms with E-state index in [0.717, 1.165) is 17.3 Å². The summed E-state index contributed by atoms with van der Waals surface area (Å²) in [4.78, 5) is 18.4. The van der Waals surface area contributed by atoms with Gasteiger partial charge in [0, 0.05) is 6.08 Å². The van der Waals surface area contributed by atoms with Crippen LogP contribution in [-0.4, -0.2) is 16.2 Å². The number of rotatable bonds is 2. The molecule has 0 aromatic heterocycles. The first kappa shape index (κ1) is 13.6. The fourth-order valence-electron chi connectivity index (χ4n) is 0.796. The molecular formula is C9H10N2O5. The van der Waals surface area contributed by atoms with Crippen LogP contribution in [0.4, 0.5) is 5.69 Å². The Labute approximate surface area is 90.5 Å². The van der Waals surface area contributed by atoms with Gasteiger partial charge in [-0.25, -0.2) is 4.79 Å². The van der Waals surface area contributed by atoms with Crippen LogP contribution in [0.1, 0.15) is 5.56 Å². The molecule has 0 aliphatic rings. The number of benzene rings is 1. The molecule has 0 fully saturated rings. The summed E-state index contributed by atoms with van der Waals surface area (Å²) < 4.78 is 0. The molecule has 4 N–H and O–H groups in total. The second-order valence-electron chi connectivity index (χ2n) is 2.64. The number of nitrogens with zero attached hydrogens (tertiary/aromatic N) is 1. The van der Waals surface area contributed by atoms with Gasteiger partial charge in [-0.05, 0) is 35.9 Å². The van der Waals surface area contributed by atoms with Crippen LogP contribution in [0.15, 0.2) is 30.3 Å². The van der Waals surface area contributed by atoms with E-state index >= 15 is 0 Å². The second kappa shape index (κ2) is 6.96. The van der Waals surface area contributed by atoms with Gasteiger partial charge in [0.25, 0.3) is 0 Å². The van der Waals surface area contributed by atoms with Crippen molar-refractivity contribution in [3.63, 3.8) is 0 Å². The van der Waals surface area contributed by atoms with Gasteiger partial charge in [0.15, 0.2) is 0 Å². The number of carbonyl (C=O) groups is 1. The molecule has 0 unspecified atom stereocenters. The molecule has 86 valence electrons. The fourth-order valence-corrected chi connectivity index (χ4v) is 0.796. The zero-order valence-corrected chi connectivity index (χ0v) is 8.20. The largest absolute Gasteiger partial charge is 0.478 e. The number of carboxylic acid groups (broad SMARTS) is 1. The molecule has 0 spiro atoms. The Morgan fingerprint density at radius 2 is 1.75 bits per heavy atom. The first-order chi connectivity index (χ1) is 7.41. The molecule has 0 aliphatic carbocycles. The SMILES string of the molecule is O=[N+]([O-])[O-].[NH3+]c1ccc(/C=C/C(=O)O)cc1. The number of carboxylic acids is 1. The van der Waals surface area contributed by atoms with E-state index < -0.39 is 11.1 Å². The van der Waals surface area contributed by atoms with Crippen LogP contribution in [-0.2, 0) is 4.79 Å². The molecule has 1 aromatic rings. The Morgan fingerprint density at radius 3 is 2.12 bits per heavy atom. The topological polar surface area (TPSA) is 131 Å². The van der Waals surface area contributed by atoms with Crippen molar-refractivity contribution < 1.29 is 20.7 Å². The zero-order chi connectivity index (χ0) is 12.6. The van der Waals surface area contributed by atoms with Crippen molar-refractivity contribution in [1.29, 1.82) is 0 Å². The van der Waals surface area contributed by atoms with E-state index in [0.29, 0.717) is 0 Å². The van der Waals surface area contributed by atoms with E-state index in [-0.39, 0.29) is 0 Å². The summed E-state index contributed by atoms with van der Waals surface area (Å²) in [6, 6.07) is 7.31. The lowest BCUT2D eigenvalue weighted by Gasteiger charge is -1.90. The highest BCUT2D eigenvalue weighted by molar-refractivity contribution is 5.85. The maximum absolute atomic E-state index is 10.1. The van der Waals surface area contributed by atoms with Crippen molar-refractivity contribution in [1.82, 2.24) is 0 Å². The molecule has 0 amide bonds. The average molecular weight is 226 g/mol. The van der Waals surface area contributed by atoms with Crippen LogP contribution in [0.25, 0.3) is 6.08 Å². The van der Waals surface area contributed by atoms with Crippen molar-refractivity contribution in [3.8, 4) is 0 Å². The monoisotopic (exact) mass is 226 g/mol. The highest BCUT2D eigenvalue weighted by atomic mass is 16.9. The standard InChI is InChI=1S/C9H9NO2.NO3/c10-8-4-1-7(2-5-8)3-6-9(11)12;2-1(3)4/h1-6H,10H2,(H,11,12);/q;-1/p+1/b6-3+;. The van der Waals surface area contributed by atoms with Crippen molar-refractivity contribution >= 4 is 17.7 Å². The van der Waals surface area contributed by atoms with Gasteiger partial charge in [-0.2, -0.15) is 0 Å². The Bertz CT molecular complexity index is 381. The van der Waals surface area contributed by atoms with Gasteiger partial charge in [0.1, 0.15) is 5.69 Å². The molecule has 0 aliphatic heterocycles. The Hall–Kier alpha value is -2.41. The molecule has 16 heavy (non-hydrogen) atoms. The predicted octanol–water partition coefficient (Wildman–Crippen LogP) is 0.419. The summed E-state index contributed by atoms with van der Waals surface area (Å²) in [6.07, 6.45) is 2.65. The summed E-state index contributed by atoms with van der Waals surface area (Å²) in [7, 11) is 0. The average Bonchev–Trinajstić information content (AvgIpc) is 2.16. The van der Waals surface area contributed by atoms with Gasteiger partial charge >= 0.3 is 5.97 Å². The van der Waals surface area contributed by atoms with E-state index in [1.807, 2.05) is 24.3 Å². The maximum atomic E-state index is 10.1. The van der Waals surface area contributed by atoms with Gasteiger partial charge in [-0.1, -0.05) is 0 Å². The van der Waals surface area contributed by atoms with Gasteiger partial charge in [0.2, 0.25) is 0 Å². The van der Waals surface area contributed by atoms with Crippen LogP contribution in [0.2, 0.25) is 0 Å². The van der Waals surface area contributed by atoms with Gasteiger partial charge in [-0.15, -0.1) is 0 Å². The molecule has 0 bridgehead atoms. The first-order valence-electron chi connectivity index (χ1n) is 4.06. The summed E-state index contributed by atoms with van der Waals surface area (Å²) in [5.41, 5.74) is 5.50. The third-order valence-electron chi connectivity index (χ3n) is 1.40. The maximum Gasteiger partial charge on any atom is 0.328 e. The Balaban J connectivity index is 0.000000487. The third kappa shape index (κ3) is 8.20. The summed E-state index contributed by atoms with van der Waals surface area (Å²) in [6.45, 7) is 0. The number of hydrogen-bond acceptors (Lipinski definition) is 4. The van der Waals surface area contributed by atoms with Gasteiger partial charge in [-0.3, -0.25) is 0 Å². The minimum absolute atomic E-state index is 0.866. The van der Waals surface area contributed by atoms with Crippen molar-refractivity contribution in [3.05, 3.63) is 51.2 Å². The molecule has 1 aromatic carbocycles. The molecule has 7 heteroatoms. The minimum atomic E-state index is -1.75. The van der Waals surface area contributed by atoms with Crippen LogP contribution < -0.4 is 5.73 Å². The third-order valence-corrected chi connectivity index (χ3v) is 1.40. The lowest BCUT2D eigenvalue weighted by molar-refractivity contribution is -0.402. The Morgan fingerprint density at radius 1 is 1.31 bits per heavy atom. The smallest absolute Gasteiger partial charge is 0.328 e. The van der Waals surface area contributed by atoms with E-state index in [4.69, 9.17) is 20.4 Å². The molecule has 0 saturated heterocycles. The summed E-state index contributed by atoms with van der Waals surface area (Å²) in [5, 5.41) is 23.1. The quantitative estimate of drug-likeness (QED) is 0.428. The first-order valence-corrected chi connectivity index (χ1v) is 4.06. The molecule has 7 nitrogen and oxygen atoms in total. The highest BCUT2D eigenvalue weighted by Crippen LogP contribution is 2.05. The minimum Gasteiger partial charge on any atom is -0.478 e. The summed E-state index contributed by atoms with van der Waals surface area (Å²) >= 11 is 0. The number of hydrogen-bond donors (Lipinski definition) is 2. The van der Waals surface area contributed by atoms with Crippen LogP contribution in [0, 0.1) is 15.3 Å². The van der Waals surface area contributed by atoms with Crippen molar-refractivity contribution in [2.45, 2.75) is 0 Å². The number of quaternary nitrogens is 1. The fraction of sp³-hybridized carbons (Fsp3) is 0. The molecule has 0 radical (unpaired) electrons. The number of aliphatic carboxylic acids is 1. The van der Waals surface area contributed by atoms with Crippen molar-refractivity contribution in [2.24, 2.45) is 0 Å². The molecule has 0 saturated carbocycles. The highest BCUT2D eigenvalue weighted by Gasteiger charge is 1.90. The molecule has 1 rings (SSSR count). The van der Waals surface area contributed by atoms with E-state index in [1.54, 1.807) is 6.08 Å². The molecule has 0 heterocycles. The van der Waals surface area contributed by atoms with Gasteiger partial charge < -0.3 is 26.2 Å². The van der Waals surface area contributed by atoms with Crippen LogP contribution in [0.5, 0.6) is 0 Å².